The van der Waals surface area contributed by atoms with Crippen LogP contribution in [0.1, 0.15) is 13.8 Å². The molecule has 3 rings (SSSR count). The summed E-state index contributed by atoms with van der Waals surface area (Å²) in [6.07, 6.45) is 0. The number of piperazine rings is 1. The van der Waals surface area contributed by atoms with Crippen LogP contribution in [0.25, 0.3) is 0 Å². The average molecular weight is 321 g/mol. The summed E-state index contributed by atoms with van der Waals surface area (Å²) in [4.78, 5) is 7.22. The predicted octanol–water partition coefficient (Wildman–Crippen LogP) is 2.06. The van der Waals surface area contributed by atoms with E-state index in [1.54, 1.807) is 12.1 Å². The van der Waals surface area contributed by atoms with E-state index >= 15 is 0 Å². The lowest BCUT2D eigenvalue weighted by Crippen LogP contribution is -2.55. The maximum Gasteiger partial charge on any atom is 0.146 e. The van der Waals surface area contributed by atoms with Crippen LogP contribution < -0.4 is 4.90 Å². The van der Waals surface area contributed by atoms with E-state index in [-0.39, 0.29) is 5.82 Å². The second kappa shape index (κ2) is 7.60. The molecule has 0 N–H and O–H groups in total. The summed E-state index contributed by atoms with van der Waals surface area (Å²) in [6.45, 7) is 12.2. The molecule has 128 valence electrons. The summed E-state index contributed by atoms with van der Waals surface area (Å²) in [6, 6.07) is 8.05. The minimum atomic E-state index is -0.115. The van der Waals surface area contributed by atoms with Crippen molar-refractivity contribution in [1.29, 1.82) is 0 Å². The van der Waals surface area contributed by atoms with E-state index in [9.17, 15) is 4.39 Å². The number of morpholine rings is 1. The number of halogens is 1. The van der Waals surface area contributed by atoms with Gasteiger partial charge in [-0.3, -0.25) is 9.80 Å². The number of rotatable bonds is 4. The third-order valence-corrected chi connectivity index (χ3v) is 5.14. The van der Waals surface area contributed by atoms with Crippen molar-refractivity contribution in [3.05, 3.63) is 30.1 Å². The second-order valence-corrected chi connectivity index (χ2v) is 6.74. The highest BCUT2D eigenvalue weighted by Crippen LogP contribution is 2.22. The SMILES string of the molecule is CC1COCCN1CCN1CCN(c2ccccc2F)CC1C. The molecule has 2 aliphatic heterocycles. The molecule has 1 aromatic carbocycles. The summed E-state index contributed by atoms with van der Waals surface area (Å²) < 4.78 is 19.5. The molecule has 4 nitrogen and oxygen atoms in total. The summed E-state index contributed by atoms with van der Waals surface area (Å²) >= 11 is 0. The fourth-order valence-corrected chi connectivity index (χ4v) is 3.60. The van der Waals surface area contributed by atoms with Gasteiger partial charge in [0, 0.05) is 51.4 Å². The Morgan fingerprint density at radius 3 is 2.48 bits per heavy atom. The van der Waals surface area contributed by atoms with Gasteiger partial charge in [-0.05, 0) is 26.0 Å². The zero-order valence-corrected chi connectivity index (χ0v) is 14.2. The molecule has 0 radical (unpaired) electrons. The smallest absolute Gasteiger partial charge is 0.146 e. The van der Waals surface area contributed by atoms with E-state index in [1.807, 2.05) is 12.1 Å². The van der Waals surface area contributed by atoms with Gasteiger partial charge in [0.15, 0.2) is 0 Å². The van der Waals surface area contributed by atoms with Gasteiger partial charge in [-0.1, -0.05) is 12.1 Å². The first-order chi connectivity index (χ1) is 11.1. The van der Waals surface area contributed by atoms with Gasteiger partial charge in [-0.2, -0.15) is 0 Å². The van der Waals surface area contributed by atoms with Crippen molar-refractivity contribution in [2.45, 2.75) is 25.9 Å². The van der Waals surface area contributed by atoms with Gasteiger partial charge < -0.3 is 9.64 Å². The molecule has 2 heterocycles. The van der Waals surface area contributed by atoms with Gasteiger partial charge in [0.2, 0.25) is 0 Å². The molecule has 2 atom stereocenters. The number of nitrogens with zero attached hydrogens (tertiary/aromatic N) is 3. The highest BCUT2D eigenvalue weighted by molar-refractivity contribution is 5.48. The first-order valence-electron chi connectivity index (χ1n) is 8.70. The number of para-hydroxylation sites is 1. The first-order valence-corrected chi connectivity index (χ1v) is 8.70. The van der Waals surface area contributed by atoms with Crippen LogP contribution in [0.3, 0.4) is 0 Å². The predicted molar refractivity (Wildman–Crippen MR) is 91.5 cm³/mol. The number of ether oxygens (including phenoxy) is 1. The molecule has 0 spiro atoms. The summed E-state index contributed by atoms with van der Waals surface area (Å²) in [7, 11) is 0. The maximum atomic E-state index is 14.0. The largest absolute Gasteiger partial charge is 0.379 e. The van der Waals surface area contributed by atoms with Crippen LogP contribution in [0, 0.1) is 5.82 Å². The van der Waals surface area contributed by atoms with E-state index in [0.717, 1.165) is 58.2 Å². The summed E-state index contributed by atoms with van der Waals surface area (Å²) in [5.41, 5.74) is 0.737. The lowest BCUT2D eigenvalue weighted by atomic mass is 10.1. The number of anilines is 1. The quantitative estimate of drug-likeness (QED) is 0.845. The van der Waals surface area contributed by atoms with Crippen molar-refractivity contribution in [3.8, 4) is 0 Å². The molecule has 2 aliphatic rings. The molecule has 5 heteroatoms. The zero-order valence-electron chi connectivity index (χ0n) is 14.2. The van der Waals surface area contributed by atoms with Crippen LogP contribution in [0.15, 0.2) is 24.3 Å². The Morgan fingerprint density at radius 2 is 1.78 bits per heavy atom. The minimum Gasteiger partial charge on any atom is -0.379 e. The average Bonchev–Trinajstić information content (AvgIpc) is 2.55. The Morgan fingerprint density at radius 1 is 1.04 bits per heavy atom. The number of benzene rings is 1. The van der Waals surface area contributed by atoms with Crippen LogP contribution in [-0.4, -0.2) is 74.4 Å². The van der Waals surface area contributed by atoms with Crippen LogP contribution in [0.2, 0.25) is 0 Å². The summed E-state index contributed by atoms with van der Waals surface area (Å²) in [5.74, 6) is -0.115. The Balaban J connectivity index is 1.52. The molecule has 0 aromatic heterocycles. The van der Waals surface area contributed by atoms with Gasteiger partial charge in [0.25, 0.3) is 0 Å². The van der Waals surface area contributed by atoms with Crippen molar-refractivity contribution < 1.29 is 9.13 Å². The fraction of sp³-hybridized carbons (Fsp3) is 0.667. The highest BCUT2D eigenvalue weighted by Gasteiger charge is 2.26. The van der Waals surface area contributed by atoms with Crippen LogP contribution >= 0.6 is 0 Å². The first kappa shape index (κ1) is 16.7. The van der Waals surface area contributed by atoms with Crippen molar-refractivity contribution in [2.75, 3.05) is 57.4 Å². The van der Waals surface area contributed by atoms with Crippen molar-refractivity contribution in [2.24, 2.45) is 0 Å². The van der Waals surface area contributed by atoms with E-state index in [1.165, 1.54) is 0 Å². The van der Waals surface area contributed by atoms with Gasteiger partial charge >= 0.3 is 0 Å². The molecule has 1 aromatic rings. The highest BCUT2D eigenvalue weighted by atomic mass is 19.1. The molecule has 0 aliphatic carbocycles. The molecule has 0 amide bonds. The Bertz CT molecular complexity index is 513. The third kappa shape index (κ3) is 4.03. The molecule has 0 bridgehead atoms. The van der Waals surface area contributed by atoms with E-state index in [4.69, 9.17) is 4.74 Å². The molecule has 0 saturated carbocycles. The second-order valence-electron chi connectivity index (χ2n) is 6.74. The van der Waals surface area contributed by atoms with E-state index < -0.39 is 0 Å². The van der Waals surface area contributed by atoms with E-state index in [2.05, 4.69) is 28.5 Å². The topological polar surface area (TPSA) is 19.0 Å². The lowest BCUT2D eigenvalue weighted by molar-refractivity contribution is -0.00593. The molecular weight excluding hydrogens is 293 g/mol. The van der Waals surface area contributed by atoms with Gasteiger partial charge in [-0.25, -0.2) is 4.39 Å². The summed E-state index contributed by atoms with van der Waals surface area (Å²) in [5, 5.41) is 0. The molecule has 23 heavy (non-hydrogen) atoms. The number of hydrogen-bond donors (Lipinski definition) is 0. The molecule has 2 saturated heterocycles. The van der Waals surface area contributed by atoms with Gasteiger partial charge in [0.1, 0.15) is 5.82 Å². The normalized spacial score (nSPS) is 27.3. The van der Waals surface area contributed by atoms with Crippen LogP contribution in [0.4, 0.5) is 10.1 Å². The zero-order chi connectivity index (χ0) is 16.2. The Hall–Kier alpha value is -1.17. The molecular formula is C18H28FN3O. The molecule has 2 unspecified atom stereocenters. The van der Waals surface area contributed by atoms with Crippen molar-refractivity contribution >= 4 is 5.69 Å². The van der Waals surface area contributed by atoms with Crippen LogP contribution in [0.5, 0.6) is 0 Å². The van der Waals surface area contributed by atoms with Gasteiger partial charge in [-0.15, -0.1) is 0 Å². The Labute approximate surface area is 138 Å². The van der Waals surface area contributed by atoms with Crippen molar-refractivity contribution in [3.63, 3.8) is 0 Å². The maximum absolute atomic E-state index is 14.0. The standard InChI is InChI=1S/C18H28FN3O/c1-15-13-22(18-6-4-3-5-17(18)19)10-9-20(15)7-8-21-11-12-23-14-16(21)2/h3-6,15-16H,7-14H2,1-2H3. The monoisotopic (exact) mass is 321 g/mol. The van der Waals surface area contributed by atoms with E-state index in [0.29, 0.717) is 12.1 Å². The molecule has 2 fully saturated rings. The lowest BCUT2D eigenvalue weighted by Gasteiger charge is -2.42. The number of hydrogen-bond acceptors (Lipinski definition) is 4. The Kier molecular flexibility index (Phi) is 5.51. The third-order valence-electron chi connectivity index (χ3n) is 5.14. The van der Waals surface area contributed by atoms with Crippen molar-refractivity contribution in [1.82, 2.24) is 9.80 Å². The minimum absolute atomic E-state index is 0.115. The van der Waals surface area contributed by atoms with Gasteiger partial charge in [0.05, 0.1) is 18.9 Å². The fourth-order valence-electron chi connectivity index (χ4n) is 3.60. The van der Waals surface area contributed by atoms with Crippen LogP contribution in [-0.2, 0) is 4.74 Å².